The minimum absolute atomic E-state index is 0.165. The van der Waals surface area contributed by atoms with Crippen molar-refractivity contribution >= 4 is 43.4 Å². The smallest absolute Gasteiger partial charge is 0.199 e. The second-order valence-corrected chi connectivity index (χ2v) is 6.00. The molecule has 0 aliphatic heterocycles. The van der Waals surface area contributed by atoms with Gasteiger partial charge in [0.25, 0.3) is 0 Å². The first-order valence-electron chi connectivity index (χ1n) is 5.55. The highest BCUT2D eigenvalue weighted by Crippen LogP contribution is 2.41. The summed E-state index contributed by atoms with van der Waals surface area (Å²) in [6, 6.07) is 5.66. The molecule has 100 valence electrons. The normalized spacial score (nSPS) is 13.1. The molecule has 0 radical (unpaired) electrons. The van der Waals surface area contributed by atoms with Crippen molar-refractivity contribution in [3.8, 4) is 11.5 Å². The number of aromatic hydroxyl groups is 2. The van der Waals surface area contributed by atoms with Crippen molar-refractivity contribution in [2.24, 2.45) is 0 Å². The zero-order valence-corrected chi connectivity index (χ0v) is 12.9. The molecule has 0 atom stereocenters. The largest absolute Gasteiger partial charge is 0.507 e. The summed E-state index contributed by atoms with van der Waals surface area (Å²) < 4.78 is 0.921. The summed E-state index contributed by atoms with van der Waals surface area (Å²) in [5.74, 6) is -1.66. The van der Waals surface area contributed by atoms with Crippen LogP contribution < -0.4 is 0 Å². The molecular weight excluding hydrogens is 392 g/mol. The van der Waals surface area contributed by atoms with E-state index in [9.17, 15) is 19.8 Å². The Labute approximate surface area is 130 Å². The number of fused-ring (bicyclic) bond motifs is 2. The van der Waals surface area contributed by atoms with E-state index in [1.165, 1.54) is 12.1 Å². The van der Waals surface area contributed by atoms with Crippen LogP contribution in [0, 0.1) is 0 Å². The van der Waals surface area contributed by atoms with E-state index in [0.29, 0.717) is 8.95 Å². The van der Waals surface area contributed by atoms with Crippen molar-refractivity contribution < 1.29 is 19.8 Å². The predicted octanol–water partition coefficient (Wildman–Crippen LogP) is 3.40. The molecule has 0 saturated heterocycles. The van der Waals surface area contributed by atoms with Crippen LogP contribution in [0.25, 0.3) is 0 Å². The lowest BCUT2D eigenvalue weighted by molar-refractivity contribution is 0.0973. The Kier molecular flexibility index (Phi) is 2.95. The lowest BCUT2D eigenvalue weighted by Gasteiger charge is -2.21. The highest BCUT2D eigenvalue weighted by atomic mass is 79.9. The van der Waals surface area contributed by atoms with Crippen LogP contribution >= 0.6 is 31.9 Å². The molecule has 0 heterocycles. The summed E-state index contributed by atoms with van der Waals surface area (Å²) >= 11 is 6.48. The van der Waals surface area contributed by atoms with Crippen LogP contribution in [0.15, 0.2) is 33.2 Å². The topological polar surface area (TPSA) is 74.6 Å². The average molecular weight is 398 g/mol. The maximum absolute atomic E-state index is 12.5. The van der Waals surface area contributed by atoms with E-state index in [0.717, 1.165) is 0 Å². The van der Waals surface area contributed by atoms with Crippen molar-refractivity contribution in [3.05, 3.63) is 55.5 Å². The monoisotopic (exact) mass is 396 g/mol. The Morgan fingerprint density at radius 1 is 0.650 bits per heavy atom. The van der Waals surface area contributed by atoms with Crippen molar-refractivity contribution in [1.82, 2.24) is 0 Å². The molecule has 0 spiro atoms. The van der Waals surface area contributed by atoms with Gasteiger partial charge in [0.05, 0.1) is 11.1 Å². The van der Waals surface area contributed by atoms with Gasteiger partial charge in [-0.05, 0) is 24.3 Å². The molecule has 0 aromatic heterocycles. The van der Waals surface area contributed by atoms with E-state index in [4.69, 9.17) is 0 Å². The molecule has 6 heteroatoms. The lowest BCUT2D eigenvalue weighted by Crippen LogP contribution is -2.22. The van der Waals surface area contributed by atoms with Crippen LogP contribution in [-0.2, 0) is 0 Å². The molecule has 2 N–H and O–H groups in total. The van der Waals surface area contributed by atoms with E-state index in [2.05, 4.69) is 31.9 Å². The zero-order chi connectivity index (χ0) is 14.6. The first-order chi connectivity index (χ1) is 9.43. The average Bonchev–Trinajstić information content (AvgIpc) is 2.41. The van der Waals surface area contributed by atoms with Crippen LogP contribution in [0.4, 0.5) is 0 Å². The molecule has 0 saturated carbocycles. The first kappa shape index (κ1) is 13.3. The zero-order valence-electron chi connectivity index (χ0n) is 9.78. The fourth-order valence-electron chi connectivity index (χ4n) is 2.29. The number of benzene rings is 2. The van der Waals surface area contributed by atoms with Gasteiger partial charge in [0, 0.05) is 20.1 Å². The molecule has 3 rings (SSSR count). The number of carbonyl (C=O) groups excluding carboxylic acids is 2. The van der Waals surface area contributed by atoms with Crippen LogP contribution in [0.3, 0.4) is 0 Å². The number of ketones is 2. The molecule has 2 aromatic carbocycles. The minimum atomic E-state index is -0.504. The number of carbonyl (C=O) groups is 2. The first-order valence-corrected chi connectivity index (χ1v) is 7.14. The van der Waals surface area contributed by atoms with Crippen molar-refractivity contribution in [3.63, 3.8) is 0 Å². The van der Waals surface area contributed by atoms with Gasteiger partial charge in [-0.15, -0.1) is 0 Å². The number of hydrogen-bond donors (Lipinski definition) is 2. The summed E-state index contributed by atoms with van der Waals surface area (Å²) in [6.07, 6.45) is 0. The standard InChI is InChI=1S/C14H6Br2O4/c15-5-1-2-6(16)10-9(5)13(19)11-7(17)3-4-8(18)12(11)14(10)20/h1-4,17-18H. The highest BCUT2D eigenvalue weighted by Gasteiger charge is 2.36. The number of phenolic OH excluding ortho intramolecular Hbond substituents is 2. The molecule has 2 aromatic rings. The van der Waals surface area contributed by atoms with Crippen molar-refractivity contribution in [1.29, 1.82) is 0 Å². The summed E-state index contributed by atoms with van der Waals surface area (Å²) in [5.41, 5.74) is 0.0261. The van der Waals surface area contributed by atoms with Crippen LogP contribution in [0.5, 0.6) is 11.5 Å². The van der Waals surface area contributed by atoms with Gasteiger partial charge in [-0.3, -0.25) is 9.59 Å². The molecule has 20 heavy (non-hydrogen) atoms. The van der Waals surface area contributed by atoms with Gasteiger partial charge in [-0.25, -0.2) is 0 Å². The Hall–Kier alpha value is -1.66. The second-order valence-electron chi connectivity index (χ2n) is 4.29. The third-order valence-corrected chi connectivity index (χ3v) is 4.49. The number of halogens is 2. The SMILES string of the molecule is O=C1c2c(O)ccc(O)c2C(=O)c2c(Br)ccc(Br)c21. The van der Waals surface area contributed by atoms with E-state index in [1.54, 1.807) is 12.1 Å². The Morgan fingerprint density at radius 2 is 1.00 bits per heavy atom. The molecule has 4 nitrogen and oxygen atoms in total. The van der Waals surface area contributed by atoms with Crippen LogP contribution in [0.1, 0.15) is 31.8 Å². The Morgan fingerprint density at radius 3 is 1.35 bits per heavy atom. The third-order valence-electron chi connectivity index (χ3n) is 3.17. The summed E-state index contributed by atoms with van der Waals surface area (Å²) in [5, 5.41) is 19.7. The van der Waals surface area contributed by atoms with Gasteiger partial charge in [0.15, 0.2) is 11.6 Å². The molecular formula is C14H6Br2O4. The van der Waals surface area contributed by atoms with Crippen LogP contribution in [0.2, 0.25) is 0 Å². The van der Waals surface area contributed by atoms with Crippen molar-refractivity contribution in [2.45, 2.75) is 0 Å². The molecule has 0 amide bonds. The van der Waals surface area contributed by atoms with Gasteiger partial charge in [-0.2, -0.15) is 0 Å². The molecule has 1 aliphatic carbocycles. The van der Waals surface area contributed by atoms with Gasteiger partial charge in [0.2, 0.25) is 0 Å². The molecule has 0 fully saturated rings. The molecule has 0 bridgehead atoms. The third kappa shape index (κ3) is 1.65. The maximum atomic E-state index is 12.5. The lowest BCUT2D eigenvalue weighted by atomic mass is 9.83. The van der Waals surface area contributed by atoms with Gasteiger partial charge >= 0.3 is 0 Å². The highest BCUT2D eigenvalue weighted by molar-refractivity contribution is 9.11. The van der Waals surface area contributed by atoms with Crippen molar-refractivity contribution in [2.75, 3.05) is 0 Å². The summed E-state index contributed by atoms with van der Waals surface area (Å²) in [7, 11) is 0. The molecule has 0 unspecified atom stereocenters. The quantitative estimate of drug-likeness (QED) is 0.570. The van der Waals surface area contributed by atoms with Crippen LogP contribution in [-0.4, -0.2) is 21.8 Å². The maximum Gasteiger partial charge on any atom is 0.199 e. The van der Waals surface area contributed by atoms with E-state index in [-0.39, 0.29) is 33.8 Å². The second kappa shape index (κ2) is 4.43. The fraction of sp³-hybridized carbons (Fsp3) is 0. The minimum Gasteiger partial charge on any atom is -0.507 e. The van der Waals surface area contributed by atoms with E-state index >= 15 is 0 Å². The van der Waals surface area contributed by atoms with Gasteiger partial charge < -0.3 is 10.2 Å². The Balaban J connectivity index is 2.46. The fourth-order valence-corrected chi connectivity index (χ4v) is 3.31. The van der Waals surface area contributed by atoms with E-state index < -0.39 is 11.6 Å². The number of rotatable bonds is 0. The van der Waals surface area contributed by atoms with Gasteiger partial charge in [0.1, 0.15) is 11.5 Å². The summed E-state index contributed by atoms with van der Waals surface area (Å²) in [4.78, 5) is 25.1. The number of phenols is 2. The van der Waals surface area contributed by atoms with E-state index in [1.807, 2.05) is 0 Å². The molecule has 1 aliphatic rings. The Bertz CT molecular complexity index is 667. The summed E-state index contributed by atoms with van der Waals surface area (Å²) in [6.45, 7) is 0. The predicted molar refractivity (Wildman–Crippen MR) is 78.5 cm³/mol. The van der Waals surface area contributed by atoms with Gasteiger partial charge in [-0.1, -0.05) is 31.9 Å². The number of hydrogen-bond acceptors (Lipinski definition) is 4.